The van der Waals surface area contributed by atoms with Gasteiger partial charge < -0.3 is 5.32 Å². The first-order valence-corrected chi connectivity index (χ1v) is 11.0. The van der Waals surface area contributed by atoms with Crippen LogP contribution in [-0.4, -0.2) is 30.6 Å². The first kappa shape index (κ1) is 21.5. The first-order chi connectivity index (χ1) is 15.9. The summed E-state index contributed by atoms with van der Waals surface area (Å²) < 4.78 is 41.8. The molecule has 5 rings (SSSR count). The minimum Gasteiger partial charge on any atom is -0.305 e. The summed E-state index contributed by atoms with van der Waals surface area (Å²) in [4.78, 5) is 16.9. The Labute approximate surface area is 190 Å². The second-order valence-corrected chi connectivity index (χ2v) is 8.84. The first-order valence-electron chi connectivity index (χ1n) is 11.0. The smallest absolute Gasteiger partial charge is 0.305 e. The predicted molar refractivity (Wildman–Crippen MR) is 122 cm³/mol. The third-order valence-electron chi connectivity index (χ3n) is 6.75. The maximum Gasteiger partial charge on any atom is 0.326 e. The Hall–Kier alpha value is -3.32. The topological polar surface area (TPSA) is 35.6 Å². The maximum atomic E-state index is 14.2. The summed E-state index contributed by atoms with van der Waals surface area (Å²) in [6.45, 7) is 2.53. The molecule has 4 nitrogen and oxygen atoms in total. The van der Waals surface area contributed by atoms with Gasteiger partial charge in [0, 0.05) is 24.2 Å². The van der Waals surface area contributed by atoms with Gasteiger partial charge in [-0.25, -0.2) is 18.0 Å². The third kappa shape index (κ3) is 4.20. The van der Waals surface area contributed by atoms with Crippen LogP contribution >= 0.6 is 0 Å². The van der Waals surface area contributed by atoms with Crippen molar-refractivity contribution in [1.82, 2.24) is 4.90 Å². The molecule has 3 aromatic rings. The van der Waals surface area contributed by atoms with Crippen LogP contribution in [0, 0.1) is 17.5 Å². The van der Waals surface area contributed by atoms with Crippen molar-refractivity contribution in [2.45, 2.75) is 24.8 Å². The number of nitrogens with zero attached hydrogens (tertiary/aromatic N) is 2. The van der Waals surface area contributed by atoms with E-state index in [2.05, 4.69) is 10.2 Å². The van der Waals surface area contributed by atoms with Crippen LogP contribution < -0.4 is 10.2 Å². The van der Waals surface area contributed by atoms with Crippen molar-refractivity contribution in [2.24, 2.45) is 0 Å². The highest BCUT2D eigenvalue weighted by Crippen LogP contribution is 2.47. The van der Waals surface area contributed by atoms with E-state index in [0.717, 1.165) is 37.1 Å². The van der Waals surface area contributed by atoms with Crippen molar-refractivity contribution in [3.05, 3.63) is 95.3 Å². The number of likely N-dealkylation sites (tertiary alicyclic amines) is 1. The molecule has 1 N–H and O–H groups in total. The highest BCUT2D eigenvalue weighted by Gasteiger charge is 2.46. The van der Waals surface area contributed by atoms with Crippen molar-refractivity contribution in [2.75, 3.05) is 29.9 Å². The summed E-state index contributed by atoms with van der Waals surface area (Å²) in [7, 11) is 0. The van der Waals surface area contributed by atoms with Gasteiger partial charge in [-0.3, -0.25) is 9.80 Å². The highest BCUT2D eigenvalue weighted by atomic mass is 19.1. The predicted octanol–water partition coefficient (Wildman–Crippen LogP) is 5.69. The Morgan fingerprint density at radius 3 is 2.42 bits per heavy atom. The number of nitrogens with one attached hydrogen (secondary N) is 1. The number of benzene rings is 3. The lowest BCUT2D eigenvalue weighted by molar-refractivity contribution is 0.159. The fourth-order valence-electron chi connectivity index (χ4n) is 5.03. The molecule has 7 heteroatoms. The Bertz CT molecular complexity index is 1190. The van der Waals surface area contributed by atoms with Gasteiger partial charge in [0.15, 0.2) is 0 Å². The van der Waals surface area contributed by atoms with E-state index in [9.17, 15) is 18.0 Å². The fourth-order valence-corrected chi connectivity index (χ4v) is 5.03. The van der Waals surface area contributed by atoms with E-state index < -0.39 is 11.8 Å². The minimum absolute atomic E-state index is 0.108. The van der Waals surface area contributed by atoms with Crippen molar-refractivity contribution < 1.29 is 18.0 Å². The fraction of sp³-hybridized carbons (Fsp3) is 0.269. The van der Waals surface area contributed by atoms with Gasteiger partial charge in [0.1, 0.15) is 17.5 Å². The number of carbonyl (C=O) groups excluding carboxylic acids is 1. The van der Waals surface area contributed by atoms with E-state index in [0.29, 0.717) is 18.8 Å². The zero-order chi connectivity index (χ0) is 23.0. The largest absolute Gasteiger partial charge is 0.326 e. The second kappa shape index (κ2) is 8.56. The second-order valence-electron chi connectivity index (χ2n) is 8.84. The molecular formula is C26H24F3N3O. The molecular weight excluding hydrogens is 427 g/mol. The summed E-state index contributed by atoms with van der Waals surface area (Å²) >= 11 is 0. The third-order valence-corrected chi connectivity index (χ3v) is 6.75. The molecule has 2 heterocycles. The summed E-state index contributed by atoms with van der Waals surface area (Å²) in [5.41, 5.74) is 2.12. The Kier molecular flexibility index (Phi) is 5.58. The van der Waals surface area contributed by atoms with Crippen molar-refractivity contribution in [1.29, 1.82) is 0 Å². The van der Waals surface area contributed by atoms with E-state index in [1.54, 1.807) is 35.2 Å². The highest BCUT2D eigenvalue weighted by molar-refractivity contribution is 6.03. The number of amides is 2. The molecule has 33 heavy (non-hydrogen) atoms. The van der Waals surface area contributed by atoms with Crippen LogP contribution in [0.25, 0.3) is 0 Å². The maximum absolute atomic E-state index is 14.2. The number of para-hydroxylation sites is 1. The number of urea groups is 1. The van der Waals surface area contributed by atoms with Gasteiger partial charge in [0.05, 0.1) is 5.69 Å². The molecule has 0 aliphatic carbocycles. The minimum atomic E-state index is -0.509. The van der Waals surface area contributed by atoms with Crippen molar-refractivity contribution >= 4 is 17.4 Å². The van der Waals surface area contributed by atoms with Gasteiger partial charge in [0.25, 0.3) is 0 Å². The molecule has 1 spiro atoms. The monoisotopic (exact) mass is 451 g/mol. The molecule has 2 aliphatic heterocycles. The summed E-state index contributed by atoms with van der Waals surface area (Å²) in [6.07, 6.45) is 1.48. The number of piperidine rings is 1. The van der Waals surface area contributed by atoms with E-state index in [1.165, 1.54) is 30.3 Å². The molecule has 0 aromatic heterocycles. The molecule has 0 atom stereocenters. The van der Waals surface area contributed by atoms with Crippen LogP contribution in [0.1, 0.15) is 24.0 Å². The average Bonchev–Trinajstić information content (AvgIpc) is 3.10. The number of halogens is 3. The zero-order valence-electron chi connectivity index (χ0n) is 18.0. The number of anilines is 2. The number of hydrogen-bond donors (Lipinski definition) is 1. The molecule has 1 fully saturated rings. The molecule has 0 bridgehead atoms. The summed E-state index contributed by atoms with van der Waals surface area (Å²) in [6, 6.07) is 16.7. The van der Waals surface area contributed by atoms with E-state index >= 15 is 0 Å². The number of fused-ring (bicyclic) bond motifs is 2. The molecule has 0 saturated carbocycles. The van der Waals surface area contributed by atoms with Crippen LogP contribution in [0.4, 0.5) is 29.3 Å². The molecule has 2 amide bonds. The number of rotatable bonds is 3. The van der Waals surface area contributed by atoms with Crippen LogP contribution in [0.5, 0.6) is 0 Å². The Morgan fingerprint density at radius 1 is 0.909 bits per heavy atom. The van der Waals surface area contributed by atoms with Gasteiger partial charge in [-0.2, -0.15) is 0 Å². The van der Waals surface area contributed by atoms with Gasteiger partial charge in [-0.05, 0) is 79.5 Å². The number of hydrogen-bond acceptors (Lipinski definition) is 2. The van der Waals surface area contributed by atoms with E-state index in [1.807, 2.05) is 6.07 Å². The molecule has 170 valence electrons. The van der Waals surface area contributed by atoms with Gasteiger partial charge >= 0.3 is 6.03 Å². The lowest BCUT2D eigenvalue weighted by Gasteiger charge is -2.40. The Balaban J connectivity index is 1.35. The van der Waals surface area contributed by atoms with Crippen LogP contribution in [0.3, 0.4) is 0 Å². The van der Waals surface area contributed by atoms with Gasteiger partial charge in [0.2, 0.25) is 0 Å². The molecule has 2 aliphatic rings. The zero-order valence-corrected chi connectivity index (χ0v) is 18.0. The average molecular weight is 451 g/mol. The van der Waals surface area contributed by atoms with Crippen LogP contribution in [-0.2, 0) is 12.0 Å². The molecule has 1 saturated heterocycles. The molecule has 0 radical (unpaired) electrons. The van der Waals surface area contributed by atoms with Crippen LogP contribution in [0.2, 0.25) is 0 Å². The van der Waals surface area contributed by atoms with Gasteiger partial charge in [-0.1, -0.05) is 24.3 Å². The molecule has 0 unspecified atom stereocenters. The van der Waals surface area contributed by atoms with Crippen molar-refractivity contribution in [3.63, 3.8) is 0 Å². The summed E-state index contributed by atoms with van der Waals surface area (Å²) in [5, 5.41) is 2.65. The van der Waals surface area contributed by atoms with Gasteiger partial charge in [-0.15, -0.1) is 0 Å². The number of carbonyl (C=O) groups is 1. The lowest BCUT2D eigenvalue weighted by Crippen LogP contribution is -2.46. The summed E-state index contributed by atoms with van der Waals surface area (Å²) in [5.74, 6) is -1.10. The van der Waals surface area contributed by atoms with E-state index in [4.69, 9.17) is 0 Å². The Morgan fingerprint density at radius 2 is 1.67 bits per heavy atom. The normalized spacial score (nSPS) is 17.2. The van der Waals surface area contributed by atoms with Crippen LogP contribution in [0.15, 0.2) is 66.7 Å². The molecule has 3 aromatic carbocycles. The van der Waals surface area contributed by atoms with E-state index in [-0.39, 0.29) is 22.7 Å². The SMILES string of the molecule is O=C(Nc1ccccc1F)N1CC2(CCN(Cc3cccc(F)c3)CC2)c2cc(F)ccc21. The van der Waals surface area contributed by atoms with Crippen molar-refractivity contribution in [3.8, 4) is 0 Å². The quantitative estimate of drug-likeness (QED) is 0.555. The lowest BCUT2D eigenvalue weighted by atomic mass is 9.74. The standard InChI is InChI=1S/C26H24F3N3O/c27-19-5-3-4-18(14-19)16-31-12-10-26(11-13-31)17-32(24-9-8-20(28)15-21(24)26)25(33)30-23-7-2-1-6-22(23)29/h1-9,14-15H,10-13,16-17H2,(H,30,33).